The zero-order valence-corrected chi connectivity index (χ0v) is 17.1. The van der Waals surface area contributed by atoms with E-state index >= 15 is 0 Å². The number of rotatable bonds is 7. The van der Waals surface area contributed by atoms with Crippen molar-refractivity contribution in [3.63, 3.8) is 0 Å². The molecule has 0 aliphatic rings. The normalized spacial score (nSPS) is 11.9. The molecule has 27 heavy (non-hydrogen) atoms. The zero-order chi connectivity index (χ0) is 19.2. The molecule has 1 aromatic heterocycles. The third kappa shape index (κ3) is 4.79. The van der Waals surface area contributed by atoms with E-state index in [1.807, 2.05) is 41.8 Å². The number of carbonyl (C=O) groups excluding carboxylic acids is 1. The zero-order valence-electron chi connectivity index (χ0n) is 15.6. The molecular formula is C21H23ClN2O2S. The Morgan fingerprint density at radius 3 is 2.81 bits per heavy atom. The van der Waals surface area contributed by atoms with Gasteiger partial charge in [0.25, 0.3) is 5.91 Å². The fourth-order valence-electron chi connectivity index (χ4n) is 2.85. The van der Waals surface area contributed by atoms with Crippen LogP contribution in [0.15, 0.2) is 47.5 Å². The van der Waals surface area contributed by atoms with Crippen LogP contribution in [0.3, 0.4) is 0 Å². The molecule has 3 aromatic rings. The van der Waals surface area contributed by atoms with Crippen LogP contribution in [0.2, 0.25) is 5.02 Å². The summed E-state index contributed by atoms with van der Waals surface area (Å²) in [6.45, 7) is 5.59. The largest absolute Gasteiger partial charge is 0.494 e. The number of nitrogens with zero attached hydrogens (tertiary/aromatic N) is 2. The van der Waals surface area contributed by atoms with Gasteiger partial charge in [-0.1, -0.05) is 48.8 Å². The summed E-state index contributed by atoms with van der Waals surface area (Å²) in [6.07, 6.45) is 3.30. The van der Waals surface area contributed by atoms with Crippen molar-refractivity contribution in [1.29, 1.82) is 0 Å². The summed E-state index contributed by atoms with van der Waals surface area (Å²) < 4.78 is 8.79. The van der Waals surface area contributed by atoms with Gasteiger partial charge in [0.15, 0.2) is 4.80 Å². The first-order valence-electron chi connectivity index (χ1n) is 9.23. The van der Waals surface area contributed by atoms with Crippen molar-refractivity contribution in [2.45, 2.75) is 39.7 Å². The molecule has 0 saturated carbocycles. The minimum Gasteiger partial charge on any atom is -0.494 e. The van der Waals surface area contributed by atoms with E-state index in [0.717, 1.165) is 36.0 Å². The fourth-order valence-corrected chi connectivity index (χ4v) is 4.22. The number of amides is 1. The Balaban J connectivity index is 1.87. The predicted molar refractivity (Wildman–Crippen MR) is 112 cm³/mol. The van der Waals surface area contributed by atoms with Crippen molar-refractivity contribution in [3.05, 3.63) is 57.9 Å². The number of fused-ring (bicyclic) bond motifs is 1. The van der Waals surface area contributed by atoms with Crippen molar-refractivity contribution >= 4 is 39.1 Å². The summed E-state index contributed by atoms with van der Waals surface area (Å²) in [5.41, 5.74) is 1.56. The maximum absolute atomic E-state index is 12.7. The summed E-state index contributed by atoms with van der Waals surface area (Å²) in [4.78, 5) is 17.7. The second-order valence-electron chi connectivity index (χ2n) is 6.24. The molecule has 0 spiro atoms. The van der Waals surface area contributed by atoms with Gasteiger partial charge in [-0.25, -0.2) is 0 Å². The summed E-state index contributed by atoms with van der Waals surface area (Å²) in [5.74, 6) is 0.438. The summed E-state index contributed by atoms with van der Waals surface area (Å²) >= 11 is 7.56. The van der Waals surface area contributed by atoms with Gasteiger partial charge in [0.2, 0.25) is 0 Å². The number of aryl methyl sites for hydroxylation is 1. The van der Waals surface area contributed by atoms with Gasteiger partial charge in [-0.3, -0.25) is 4.79 Å². The molecule has 0 aliphatic heterocycles. The molecule has 0 atom stereocenters. The fraction of sp³-hybridized carbons (Fsp3) is 0.333. The van der Waals surface area contributed by atoms with Gasteiger partial charge < -0.3 is 9.30 Å². The lowest BCUT2D eigenvalue weighted by atomic mass is 10.2. The lowest BCUT2D eigenvalue weighted by Crippen LogP contribution is -2.15. The number of ether oxygens (including phenoxy) is 1. The predicted octanol–water partition coefficient (Wildman–Crippen LogP) is 5.69. The molecule has 142 valence electrons. The molecule has 0 unspecified atom stereocenters. The van der Waals surface area contributed by atoms with Crippen LogP contribution in [0, 0.1) is 0 Å². The lowest BCUT2D eigenvalue weighted by Gasteiger charge is -2.06. The summed E-state index contributed by atoms with van der Waals surface area (Å²) in [6, 6.07) is 13.0. The third-order valence-electron chi connectivity index (χ3n) is 4.26. The van der Waals surface area contributed by atoms with Gasteiger partial charge in [0.1, 0.15) is 5.75 Å². The molecule has 4 nitrogen and oxygen atoms in total. The van der Waals surface area contributed by atoms with Crippen LogP contribution in [0.1, 0.15) is 43.5 Å². The van der Waals surface area contributed by atoms with Crippen molar-refractivity contribution in [3.8, 4) is 5.75 Å². The Bertz CT molecular complexity index is 1010. The second-order valence-corrected chi connectivity index (χ2v) is 7.69. The number of halogens is 1. The minimum atomic E-state index is -0.270. The second kappa shape index (κ2) is 9.20. The van der Waals surface area contributed by atoms with E-state index in [9.17, 15) is 4.79 Å². The first-order valence-corrected chi connectivity index (χ1v) is 10.4. The molecule has 1 amide bonds. The highest BCUT2D eigenvalue weighted by atomic mass is 35.5. The van der Waals surface area contributed by atoms with Crippen molar-refractivity contribution in [2.75, 3.05) is 6.61 Å². The van der Waals surface area contributed by atoms with Gasteiger partial charge in [0, 0.05) is 17.1 Å². The number of hydrogen-bond acceptors (Lipinski definition) is 3. The quantitative estimate of drug-likeness (QED) is 0.476. The summed E-state index contributed by atoms with van der Waals surface area (Å²) in [7, 11) is 0. The average molecular weight is 403 g/mol. The minimum absolute atomic E-state index is 0.270. The monoisotopic (exact) mass is 402 g/mol. The van der Waals surface area contributed by atoms with E-state index < -0.39 is 0 Å². The van der Waals surface area contributed by atoms with Crippen molar-refractivity contribution < 1.29 is 9.53 Å². The van der Waals surface area contributed by atoms with Crippen LogP contribution < -0.4 is 9.54 Å². The first-order chi connectivity index (χ1) is 13.1. The van der Waals surface area contributed by atoms with E-state index in [4.69, 9.17) is 16.3 Å². The molecule has 6 heteroatoms. The average Bonchev–Trinajstić information content (AvgIpc) is 3.01. The van der Waals surface area contributed by atoms with E-state index in [1.54, 1.807) is 12.1 Å². The highest BCUT2D eigenvalue weighted by Crippen LogP contribution is 2.22. The molecule has 0 bridgehead atoms. The Morgan fingerprint density at radius 2 is 2.04 bits per heavy atom. The molecule has 0 saturated heterocycles. The molecule has 0 N–H and O–H groups in total. The molecule has 1 heterocycles. The lowest BCUT2D eigenvalue weighted by molar-refractivity contribution is 0.0997. The number of carbonyl (C=O) groups is 1. The molecule has 0 radical (unpaired) electrons. The number of thiazole rings is 1. The first kappa shape index (κ1) is 19.6. The van der Waals surface area contributed by atoms with E-state index in [-0.39, 0.29) is 5.91 Å². The number of aromatic nitrogens is 1. The maximum Gasteiger partial charge on any atom is 0.279 e. The van der Waals surface area contributed by atoms with Gasteiger partial charge in [-0.05, 0) is 49.7 Å². The molecule has 2 aromatic carbocycles. The Hall–Kier alpha value is -2.11. The van der Waals surface area contributed by atoms with Gasteiger partial charge in [-0.15, -0.1) is 0 Å². The highest BCUT2D eigenvalue weighted by molar-refractivity contribution is 7.16. The van der Waals surface area contributed by atoms with E-state index in [1.165, 1.54) is 11.3 Å². The topological polar surface area (TPSA) is 43.6 Å². The Kier molecular flexibility index (Phi) is 6.69. The van der Waals surface area contributed by atoms with Crippen LogP contribution in [-0.4, -0.2) is 17.1 Å². The third-order valence-corrected chi connectivity index (χ3v) is 5.53. The summed E-state index contributed by atoms with van der Waals surface area (Å²) in [5, 5.41) is 0.679. The number of hydrogen-bond donors (Lipinski definition) is 0. The van der Waals surface area contributed by atoms with Gasteiger partial charge in [-0.2, -0.15) is 4.99 Å². The van der Waals surface area contributed by atoms with Crippen LogP contribution in [0.25, 0.3) is 10.2 Å². The number of unbranched alkanes of at least 4 members (excludes halogenated alkanes) is 2. The highest BCUT2D eigenvalue weighted by Gasteiger charge is 2.10. The van der Waals surface area contributed by atoms with Crippen LogP contribution in [-0.2, 0) is 6.54 Å². The van der Waals surface area contributed by atoms with E-state index in [0.29, 0.717) is 27.7 Å². The molecule has 0 fully saturated rings. The van der Waals surface area contributed by atoms with Crippen molar-refractivity contribution in [2.24, 2.45) is 4.99 Å². The standard InChI is InChI=1S/C21H23ClN2O2S/c1-3-5-6-12-26-17-9-7-8-15(13-17)20(25)23-21-24(4-2)18-11-10-16(22)14-19(18)27-21/h7-11,13-14H,3-6,12H2,1-2H3. The van der Waals surface area contributed by atoms with Crippen LogP contribution in [0.4, 0.5) is 0 Å². The number of benzene rings is 2. The van der Waals surface area contributed by atoms with E-state index in [2.05, 4.69) is 11.9 Å². The van der Waals surface area contributed by atoms with Gasteiger partial charge >= 0.3 is 0 Å². The van der Waals surface area contributed by atoms with Gasteiger partial charge in [0.05, 0.1) is 16.8 Å². The smallest absolute Gasteiger partial charge is 0.279 e. The molecule has 3 rings (SSSR count). The Morgan fingerprint density at radius 1 is 1.19 bits per heavy atom. The van der Waals surface area contributed by atoms with Crippen molar-refractivity contribution in [1.82, 2.24) is 4.57 Å². The Labute approximate surface area is 168 Å². The van der Waals surface area contributed by atoms with Crippen LogP contribution in [0.5, 0.6) is 5.75 Å². The maximum atomic E-state index is 12.7. The molecular weight excluding hydrogens is 380 g/mol. The SMILES string of the molecule is CCCCCOc1cccc(C(=O)N=c2sc3cc(Cl)ccc3n2CC)c1. The van der Waals surface area contributed by atoms with Crippen LogP contribution >= 0.6 is 22.9 Å². The molecule has 0 aliphatic carbocycles.